The van der Waals surface area contributed by atoms with Gasteiger partial charge in [-0.1, -0.05) is 53.7 Å². The van der Waals surface area contributed by atoms with Crippen LogP contribution in [-0.4, -0.2) is 104 Å². The second-order valence-corrected chi connectivity index (χ2v) is 15.9. The third kappa shape index (κ3) is 6.72. The number of fused-ring (bicyclic) bond motifs is 2. The van der Waals surface area contributed by atoms with Crippen molar-refractivity contribution in [2.45, 2.75) is 105 Å². The number of likely N-dealkylation sites (N-methyl/N-ethyl adjacent to an activating group) is 2. The predicted octanol–water partition coefficient (Wildman–Crippen LogP) is 8.56. The fourth-order valence-electron chi connectivity index (χ4n) is 9.19. The molecular weight excluding hydrogens is 681 g/mol. The Hall–Kier alpha value is -4.54. The number of rotatable bonds is 11. The predicted molar refractivity (Wildman–Crippen MR) is 220 cm³/mol. The van der Waals surface area contributed by atoms with E-state index >= 15 is 0 Å². The first-order chi connectivity index (χ1) is 25.7. The van der Waals surface area contributed by atoms with Crippen molar-refractivity contribution in [1.29, 1.82) is 0 Å². The zero-order valence-corrected chi connectivity index (χ0v) is 33.2. The molecule has 6 rings (SSSR count). The lowest BCUT2D eigenvalue weighted by atomic mass is 9.83. The minimum atomic E-state index is -0.359. The number of nitrogens with zero attached hydrogens (tertiary/aromatic N) is 4. The Morgan fingerprint density at radius 3 is 1.31 bits per heavy atom. The van der Waals surface area contributed by atoms with Crippen molar-refractivity contribution in [3.8, 4) is 45.6 Å². The van der Waals surface area contributed by atoms with Crippen LogP contribution in [0.15, 0.2) is 22.1 Å². The SMILES string of the molecule is CCN1CCCC1CN=Cc1c(O)c(O)c(C(C)C)c2cc(C)c(-c3c(C)cc4c(C(C)C)c(O)c(O)c(C=NCC5CCCN5CC)c4c3O)c(O)c12. The first-order valence-electron chi connectivity index (χ1n) is 19.7. The van der Waals surface area contributed by atoms with Crippen molar-refractivity contribution < 1.29 is 30.6 Å². The third-order valence-corrected chi connectivity index (χ3v) is 11.9. The summed E-state index contributed by atoms with van der Waals surface area (Å²) in [5.41, 5.74) is 3.40. The van der Waals surface area contributed by atoms with E-state index in [1.807, 2.05) is 53.7 Å². The van der Waals surface area contributed by atoms with Gasteiger partial charge in [-0.3, -0.25) is 19.8 Å². The van der Waals surface area contributed by atoms with Crippen LogP contribution in [0.2, 0.25) is 0 Å². The molecule has 2 fully saturated rings. The van der Waals surface area contributed by atoms with E-state index in [1.165, 1.54) is 0 Å². The fraction of sp³-hybridized carbons (Fsp3) is 0.500. The highest BCUT2D eigenvalue weighted by Gasteiger charge is 2.30. The Balaban J connectivity index is 1.60. The molecule has 0 aromatic heterocycles. The quantitative estimate of drug-likeness (QED) is 0.0662. The van der Waals surface area contributed by atoms with E-state index in [0.29, 0.717) is 68.0 Å². The molecule has 0 bridgehead atoms. The Morgan fingerprint density at radius 2 is 0.981 bits per heavy atom. The van der Waals surface area contributed by atoms with Crippen LogP contribution in [0.25, 0.3) is 32.7 Å². The van der Waals surface area contributed by atoms with Gasteiger partial charge in [0, 0.05) is 68.7 Å². The highest BCUT2D eigenvalue weighted by atomic mass is 16.3. The first-order valence-corrected chi connectivity index (χ1v) is 19.7. The molecule has 4 aromatic rings. The maximum absolute atomic E-state index is 12.4. The summed E-state index contributed by atoms with van der Waals surface area (Å²) in [6.45, 7) is 20.6. The molecule has 54 heavy (non-hydrogen) atoms. The summed E-state index contributed by atoms with van der Waals surface area (Å²) in [5, 5.41) is 72.3. The van der Waals surface area contributed by atoms with E-state index in [9.17, 15) is 30.6 Å². The lowest BCUT2D eigenvalue weighted by molar-refractivity contribution is 0.273. The van der Waals surface area contributed by atoms with E-state index in [4.69, 9.17) is 9.98 Å². The number of aryl methyl sites for hydroxylation is 2. The topological polar surface area (TPSA) is 153 Å². The summed E-state index contributed by atoms with van der Waals surface area (Å²) in [4.78, 5) is 14.3. The molecule has 6 N–H and O–H groups in total. The molecule has 10 heteroatoms. The summed E-state index contributed by atoms with van der Waals surface area (Å²) in [6, 6.07) is 4.32. The van der Waals surface area contributed by atoms with Crippen molar-refractivity contribution in [3.63, 3.8) is 0 Å². The molecule has 0 amide bonds. The normalized spacial score (nSPS) is 18.7. The Bertz CT molecular complexity index is 1990. The standard InChI is InChI=1S/C44H58N4O6/c1-9-47-15-11-13-27(47)19-45-21-31-37-29(33(23(3)4)43(53)39(31)49)17-25(7)35(41(37)51)36-26(8)18-30-34(24(5)6)44(54)40(50)32(38(30)42(36)52)22-46-20-28-14-12-16-48(28)10-2/h17-18,21-24,27-28,49-54H,9-16,19-20H2,1-8H3. The van der Waals surface area contributed by atoms with Gasteiger partial charge in [0.1, 0.15) is 11.5 Å². The summed E-state index contributed by atoms with van der Waals surface area (Å²) >= 11 is 0. The van der Waals surface area contributed by atoms with Crippen LogP contribution in [0.1, 0.15) is 112 Å². The zero-order chi connectivity index (χ0) is 39.2. The lowest BCUT2D eigenvalue weighted by Crippen LogP contribution is -2.31. The molecule has 4 aromatic carbocycles. The first kappa shape index (κ1) is 39.2. The summed E-state index contributed by atoms with van der Waals surface area (Å²) in [7, 11) is 0. The minimum Gasteiger partial charge on any atom is -0.507 e. The Kier molecular flexibility index (Phi) is 11.4. The van der Waals surface area contributed by atoms with Crippen molar-refractivity contribution in [1.82, 2.24) is 9.80 Å². The van der Waals surface area contributed by atoms with Crippen LogP contribution in [-0.2, 0) is 0 Å². The van der Waals surface area contributed by atoms with Gasteiger partial charge >= 0.3 is 0 Å². The van der Waals surface area contributed by atoms with E-state index < -0.39 is 0 Å². The molecule has 0 aliphatic carbocycles. The van der Waals surface area contributed by atoms with E-state index in [-0.39, 0.29) is 69.5 Å². The molecule has 10 nitrogen and oxygen atoms in total. The smallest absolute Gasteiger partial charge is 0.167 e. The van der Waals surface area contributed by atoms with Gasteiger partial charge in [0.05, 0.1) is 13.1 Å². The molecular formula is C44H58N4O6. The number of aromatic hydroxyl groups is 6. The maximum Gasteiger partial charge on any atom is 0.167 e. The molecule has 2 heterocycles. The molecule has 2 atom stereocenters. The number of hydrogen-bond acceptors (Lipinski definition) is 10. The van der Waals surface area contributed by atoms with Crippen LogP contribution in [0, 0.1) is 13.8 Å². The van der Waals surface area contributed by atoms with Gasteiger partial charge in [0.15, 0.2) is 23.0 Å². The molecule has 0 spiro atoms. The highest BCUT2D eigenvalue weighted by molar-refractivity contribution is 6.15. The second kappa shape index (κ2) is 15.7. The van der Waals surface area contributed by atoms with Gasteiger partial charge in [0.2, 0.25) is 0 Å². The Morgan fingerprint density at radius 1 is 0.611 bits per heavy atom. The molecule has 290 valence electrons. The highest BCUT2D eigenvalue weighted by Crippen LogP contribution is 2.54. The minimum absolute atomic E-state index is 0.166. The molecule has 0 radical (unpaired) electrons. The van der Waals surface area contributed by atoms with E-state index in [1.54, 1.807) is 12.4 Å². The van der Waals surface area contributed by atoms with Crippen molar-refractivity contribution >= 4 is 34.0 Å². The summed E-state index contributed by atoms with van der Waals surface area (Å²) in [5.74, 6) is -1.92. The fourth-order valence-corrected chi connectivity index (χ4v) is 9.19. The third-order valence-electron chi connectivity index (χ3n) is 11.9. The van der Waals surface area contributed by atoms with Gasteiger partial charge in [-0.05, 0) is 99.4 Å². The van der Waals surface area contributed by atoms with Gasteiger partial charge in [-0.2, -0.15) is 0 Å². The second-order valence-electron chi connectivity index (χ2n) is 15.9. The number of aliphatic imine (C=N–C) groups is 2. The van der Waals surface area contributed by atoms with Gasteiger partial charge in [-0.25, -0.2) is 0 Å². The average Bonchev–Trinajstić information content (AvgIpc) is 3.78. The number of phenolic OH excluding ortho intramolecular Hbond substituents is 6. The number of benzene rings is 4. The molecule has 2 aliphatic heterocycles. The molecule has 0 saturated carbocycles. The van der Waals surface area contributed by atoms with Crippen molar-refractivity contribution in [2.75, 3.05) is 39.3 Å². The van der Waals surface area contributed by atoms with Crippen molar-refractivity contribution in [2.24, 2.45) is 9.98 Å². The van der Waals surface area contributed by atoms with E-state index in [2.05, 4.69) is 23.6 Å². The van der Waals surface area contributed by atoms with Gasteiger partial charge < -0.3 is 30.6 Å². The zero-order valence-electron chi connectivity index (χ0n) is 33.2. The maximum atomic E-state index is 12.4. The van der Waals surface area contributed by atoms with Crippen LogP contribution in [0.3, 0.4) is 0 Å². The van der Waals surface area contributed by atoms with Crippen LogP contribution >= 0.6 is 0 Å². The van der Waals surface area contributed by atoms with Crippen molar-refractivity contribution in [3.05, 3.63) is 45.5 Å². The van der Waals surface area contributed by atoms with Crippen LogP contribution in [0.4, 0.5) is 0 Å². The Labute approximate surface area is 319 Å². The molecule has 2 aliphatic rings. The molecule has 2 unspecified atom stereocenters. The summed E-state index contributed by atoms with van der Waals surface area (Å²) < 4.78 is 0. The monoisotopic (exact) mass is 738 g/mol. The molecule has 2 saturated heterocycles. The summed E-state index contributed by atoms with van der Waals surface area (Å²) in [6.07, 6.45) is 7.36. The van der Waals surface area contributed by atoms with Gasteiger partial charge in [-0.15, -0.1) is 0 Å². The largest absolute Gasteiger partial charge is 0.507 e. The van der Waals surface area contributed by atoms with Crippen LogP contribution < -0.4 is 0 Å². The van der Waals surface area contributed by atoms with E-state index in [0.717, 1.165) is 51.9 Å². The van der Waals surface area contributed by atoms with Crippen LogP contribution in [0.5, 0.6) is 34.5 Å². The number of phenols is 6. The number of likely N-dealkylation sites (tertiary alicyclic amines) is 2. The van der Waals surface area contributed by atoms with Gasteiger partial charge in [0.25, 0.3) is 0 Å². The lowest BCUT2D eigenvalue weighted by Gasteiger charge is -2.24. The average molecular weight is 739 g/mol. The number of hydrogen-bond donors (Lipinski definition) is 6.